The van der Waals surface area contributed by atoms with E-state index in [1.807, 2.05) is 6.92 Å². The number of aliphatic hydroxyl groups excluding tert-OH is 1. The average Bonchev–Trinajstić information content (AvgIpc) is 3.32. The summed E-state index contributed by atoms with van der Waals surface area (Å²) >= 11 is 6.10. The first kappa shape index (κ1) is 28.0. The van der Waals surface area contributed by atoms with E-state index >= 15 is 4.39 Å². The number of fused-ring (bicyclic) bond motifs is 1. The molecule has 2 aromatic heterocycles. The van der Waals surface area contributed by atoms with Gasteiger partial charge in [-0.1, -0.05) is 12.1 Å². The number of nitrogens with one attached hydrogen (secondary N) is 1. The van der Waals surface area contributed by atoms with Gasteiger partial charge in [-0.15, -0.1) is 0 Å². The summed E-state index contributed by atoms with van der Waals surface area (Å²) in [6.45, 7) is 1.01. The summed E-state index contributed by atoms with van der Waals surface area (Å²) in [6.07, 6.45) is -5.24. The zero-order valence-electron chi connectivity index (χ0n) is 19.1. The molecule has 0 amide bonds. The average molecular weight is 583 g/mol. The molecule has 1 saturated heterocycles. The Morgan fingerprint density at radius 2 is 1.89 bits per heavy atom. The largest absolute Gasteiger partial charge is 0.387 e. The fraction of sp³-hybridized carbons (Fsp3) is 0.400. The third-order valence-corrected chi connectivity index (χ3v) is 9.26. The Morgan fingerprint density at radius 3 is 2.54 bits per heavy atom. The van der Waals surface area contributed by atoms with Gasteiger partial charge in [-0.3, -0.25) is 9.13 Å². The summed E-state index contributed by atoms with van der Waals surface area (Å²) in [4.78, 5) is 35.7. The highest BCUT2D eigenvalue weighted by Crippen LogP contribution is 2.55. The van der Waals surface area contributed by atoms with Crippen LogP contribution in [0.4, 0.5) is 14.6 Å². The number of ether oxygens (including phenoxy) is 1. The van der Waals surface area contributed by atoms with Crippen molar-refractivity contribution in [3.05, 3.63) is 53.2 Å². The summed E-state index contributed by atoms with van der Waals surface area (Å²) in [5, 5.41) is 13.7. The minimum absolute atomic E-state index is 0.157. The fourth-order valence-corrected chi connectivity index (χ4v) is 6.62. The van der Waals surface area contributed by atoms with Crippen LogP contribution >= 0.6 is 26.8 Å². The number of benzene rings is 1. The smallest absolute Gasteiger partial charge is 0.340 e. The van der Waals surface area contributed by atoms with Crippen molar-refractivity contribution < 1.29 is 47.0 Å². The zero-order valence-corrected chi connectivity index (χ0v) is 21.6. The first-order valence-electron chi connectivity index (χ1n) is 10.8. The molecule has 0 radical (unpaired) electrons. The zero-order chi connectivity index (χ0) is 27.1. The van der Waals surface area contributed by atoms with Gasteiger partial charge >= 0.3 is 15.2 Å². The van der Waals surface area contributed by atoms with Crippen molar-refractivity contribution in [3.63, 3.8) is 0 Å². The van der Waals surface area contributed by atoms with Crippen LogP contribution < -0.4 is 5.32 Å². The van der Waals surface area contributed by atoms with Gasteiger partial charge < -0.3 is 38.9 Å². The van der Waals surface area contributed by atoms with E-state index in [0.717, 1.165) is 5.56 Å². The molecule has 0 aliphatic carbocycles. The number of anilines is 1. The maximum absolute atomic E-state index is 15.0. The summed E-state index contributed by atoms with van der Waals surface area (Å²) in [6, 6.07) is 7.09. The summed E-state index contributed by atoms with van der Waals surface area (Å²) in [5.41, 5.74) is 0.919. The molecule has 4 rings (SSSR count). The third-order valence-electron chi connectivity index (χ3n) is 5.64. The van der Waals surface area contributed by atoms with E-state index in [-0.39, 0.29) is 22.8 Å². The van der Waals surface area contributed by atoms with E-state index in [4.69, 9.17) is 26.1 Å². The SMILES string of the molecule is C[C@@H](Nc1nc(Cl)nc2c1ccn2[C@@H]1O[C@H](COP(=O)(O)CP(=O)(O)O)[C@@H](O)[C@@H]1F)c1ccc(F)cc1. The van der Waals surface area contributed by atoms with Gasteiger partial charge in [0, 0.05) is 12.2 Å². The van der Waals surface area contributed by atoms with Gasteiger partial charge in [0.25, 0.3) is 0 Å². The number of hydrogen-bond acceptors (Lipinski definition) is 8. The maximum atomic E-state index is 15.0. The van der Waals surface area contributed by atoms with E-state index in [0.29, 0.717) is 11.2 Å². The van der Waals surface area contributed by atoms with Crippen LogP contribution in [0.5, 0.6) is 0 Å². The lowest BCUT2D eigenvalue weighted by Gasteiger charge is -2.19. The van der Waals surface area contributed by atoms with E-state index in [1.54, 1.807) is 18.2 Å². The van der Waals surface area contributed by atoms with E-state index in [9.17, 15) is 23.5 Å². The molecular weight excluding hydrogens is 560 g/mol. The quantitative estimate of drug-likeness (QED) is 0.185. The van der Waals surface area contributed by atoms with Gasteiger partial charge in [-0.05, 0) is 42.3 Å². The number of halogens is 3. The molecule has 0 bridgehead atoms. The van der Waals surface area contributed by atoms with Crippen molar-refractivity contribution in [2.75, 3.05) is 17.8 Å². The van der Waals surface area contributed by atoms with Crippen molar-refractivity contribution >= 4 is 43.6 Å². The lowest BCUT2D eigenvalue weighted by molar-refractivity contribution is -0.0423. The Labute approximate surface area is 213 Å². The molecule has 1 aliphatic rings. The number of alkyl halides is 1. The van der Waals surface area contributed by atoms with Crippen LogP contribution in [0.25, 0.3) is 11.0 Å². The highest BCUT2D eigenvalue weighted by Gasteiger charge is 2.47. The van der Waals surface area contributed by atoms with Crippen molar-refractivity contribution in [3.8, 4) is 0 Å². The summed E-state index contributed by atoms with van der Waals surface area (Å²) in [7, 11) is -9.60. The Morgan fingerprint density at radius 1 is 1.22 bits per heavy atom. The van der Waals surface area contributed by atoms with Crippen LogP contribution in [0.2, 0.25) is 5.28 Å². The van der Waals surface area contributed by atoms with Gasteiger partial charge in [-0.2, -0.15) is 4.98 Å². The lowest BCUT2D eigenvalue weighted by Crippen LogP contribution is -2.31. The standard InChI is InChI=1S/C20H23ClF2N4O8P2/c1-10(11-2-4-12(22)5-3-11)24-17-13-6-7-27(18(13)26-20(21)25-17)19-15(23)16(28)14(35-19)8-34-37(32,33)9-36(29,30)31/h2-7,10,14-16,19,28H,8-9H2,1H3,(H,32,33)(H,24,25,26)(H2,29,30,31)/t10-,14-,15+,16-,19-/m1/s1. The molecule has 1 aromatic carbocycles. The Kier molecular flexibility index (Phi) is 8.06. The summed E-state index contributed by atoms with van der Waals surface area (Å²) < 4.78 is 62.7. The monoisotopic (exact) mass is 582 g/mol. The normalized spacial score (nSPS) is 24.8. The molecule has 0 saturated carbocycles. The molecule has 3 aromatic rings. The Bertz CT molecular complexity index is 1370. The topological polar surface area (TPSA) is 176 Å². The molecule has 1 fully saturated rings. The summed E-state index contributed by atoms with van der Waals surface area (Å²) in [5.74, 6) is -1.51. The molecule has 1 unspecified atom stereocenters. The second-order valence-corrected chi connectivity index (χ2v) is 12.8. The van der Waals surface area contributed by atoms with Crippen molar-refractivity contribution in [2.45, 2.75) is 37.6 Å². The van der Waals surface area contributed by atoms with Crippen molar-refractivity contribution in [1.82, 2.24) is 14.5 Å². The molecule has 202 valence electrons. The van der Waals surface area contributed by atoms with E-state index in [2.05, 4.69) is 19.8 Å². The van der Waals surface area contributed by atoms with E-state index in [1.165, 1.54) is 22.9 Å². The molecule has 5 N–H and O–H groups in total. The second-order valence-electron chi connectivity index (χ2n) is 8.46. The third kappa shape index (κ3) is 6.54. The first-order chi connectivity index (χ1) is 17.2. The highest BCUT2D eigenvalue weighted by atomic mass is 35.5. The second kappa shape index (κ2) is 10.6. The Hall–Kier alpha value is -1.99. The molecule has 6 atom stereocenters. The number of hydrogen-bond donors (Lipinski definition) is 5. The van der Waals surface area contributed by atoms with Crippen molar-refractivity contribution in [2.24, 2.45) is 0 Å². The number of rotatable bonds is 9. The van der Waals surface area contributed by atoms with E-state index < -0.39 is 52.3 Å². The van der Waals surface area contributed by atoms with Crippen molar-refractivity contribution in [1.29, 1.82) is 0 Å². The minimum Gasteiger partial charge on any atom is -0.387 e. The highest BCUT2D eigenvalue weighted by molar-refractivity contribution is 7.70. The van der Waals surface area contributed by atoms with Crippen LogP contribution in [0.1, 0.15) is 24.8 Å². The first-order valence-corrected chi connectivity index (χ1v) is 14.7. The number of nitrogens with zero attached hydrogens (tertiary/aromatic N) is 3. The Balaban J connectivity index is 1.55. The van der Waals surface area contributed by atoms with Gasteiger partial charge in [-0.25, -0.2) is 13.8 Å². The van der Waals surface area contributed by atoms with Gasteiger partial charge in [0.15, 0.2) is 18.3 Å². The van der Waals surface area contributed by atoms with Crippen LogP contribution in [0.3, 0.4) is 0 Å². The van der Waals surface area contributed by atoms with Crippen LogP contribution in [-0.2, 0) is 18.4 Å². The number of aliphatic hydroxyl groups is 1. The van der Waals surface area contributed by atoms with Crippen LogP contribution in [-0.4, -0.2) is 65.2 Å². The molecule has 17 heteroatoms. The molecule has 0 spiro atoms. The predicted molar refractivity (Wildman–Crippen MR) is 128 cm³/mol. The van der Waals surface area contributed by atoms with Gasteiger partial charge in [0.05, 0.1) is 12.0 Å². The van der Waals surface area contributed by atoms with Gasteiger partial charge in [0.1, 0.15) is 29.5 Å². The predicted octanol–water partition coefficient (Wildman–Crippen LogP) is 3.33. The maximum Gasteiger partial charge on any atom is 0.340 e. The number of aromatic nitrogens is 3. The molecule has 37 heavy (non-hydrogen) atoms. The van der Waals surface area contributed by atoms with Gasteiger partial charge in [0.2, 0.25) is 5.28 Å². The molecular formula is C20H23ClF2N4O8P2. The molecule has 12 nitrogen and oxygen atoms in total. The minimum atomic E-state index is -4.87. The fourth-order valence-electron chi connectivity index (χ4n) is 3.89. The van der Waals surface area contributed by atoms with Crippen LogP contribution in [0, 0.1) is 5.82 Å². The molecule has 1 aliphatic heterocycles. The van der Waals surface area contributed by atoms with Crippen LogP contribution in [0.15, 0.2) is 36.5 Å². The lowest BCUT2D eigenvalue weighted by atomic mass is 10.1. The molecule has 3 heterocycles.